The molecule has 0 aliphatic heterocycles. The Morgan fingerprint density at radius 2 is 1.97 bits per heavy atom. The second kappa shape index (κ2) is 10.5. The van der Waals surface area contributed by atoms with Crippen molar-refractivity contribution in [3.8, 4) is 5.75 Å². The van der Waals surface area contributed by atoms with Crippen LogP contribution in [-0.4, -0.2) is 54.9 Å². The molecule has 0 unspecified atom stereocenters. The summed E-state index contributed by atoms with van der Waals surface area (Å²) < 4.78 is 15.2. The van der Waals surface area contributed by atoms with Crippen molar-refractivity contribution in [1.29, 1.82) is 0 Å². The second-order valence-corrected chi connectivity index (χ2v) is 7.29. The fraction of sp³-hybridized carbons (Fsp3) is 0.250. The molecule has 2 N–H and O–H groups in total. The Kier molecular flexibility index (Phi) is 7.57. The fourth-order valence-corrected chi connectivity index (χ4v) is 3.49. The molecule has 1 aromatic heterocycles. The van der Waals surface area contributed by atoms with Gasteiger partial charge >= 0.3 is 6.09 Å². The van der Waals surface area contributed by atoms with Crippen LogP contribution in [0.15, 0.2) is 45.8 Å². The van der Waals surface area contributed by atoms with E-state index in [1.54, 1.807) is 24.3 Å². The third-order valence-electron chi connectivity index (χ3n) is 4.03. The van der Waals surface area contributed by atoms with Crippen molar-refractivity contribution in [3.05, 3.63) is 58.3 Å². The van der Waals surface area contributed by atoms with Crippen molar-refractivity contribution in [1.82, 2.24) is 15.8 Å². The van der Waals surface area contributed by atoms with E-state index in [0.29, 0.717) is 24.5 Å². The lowest BCUT2D eigenvalue weighted by Gasteiger charge is -2.11. The van der Waals surface area contributed by atoms with Gasteiger partial charge in [0.2, 0.25) is 17.3 Å². The number of benzene rings is 1. The number of amides is 2. The van der Waals surface area contributed by atoms with Crippen molar-refractivity contribution in [2.45, 2.75) is 6.42 Å². The van der Waals surface area contributed by atoms with Crippen LogP contribution < -0.4 is 15.4 Å². The standard InChI is InChI=1S/C20H19N3O7S/c1-21-19(26)16-15-17(25)14(10-13(24)18(15)30-23-16)31-9-5-8-28-11-22-20(27)29-12-6-3-2-4-7-12/h2-4,6-7,10H,5,8-9,11H2,1H3,(H,21,26)(H,22,27). The number of nitrogens with zero attached hydrogens (tertiary/aromatic N) is 1. The molecule has 11 heteroatoms. The number of hydrogen-bond acceptors (Lipinski definition) is 9. The predicted molar refractivity (Wildman–Crippen MR) is 110 cm³/mol. The molecule has 3 rings (SSSR count). The van der Waals surface area contributed by atoms with Gasteiger partial charge in [0.15, 0.2) is 5.69 Å². The number of carbonyl (C=O) groups excluding carboxylic acids is 4. The van der Waals surface area contributed by atoms with Crippen LogP contribution in [-0.2, 0) is 4.74 Å². The summed E-state index contributed by atoms with van der Waals surface area (Å²) in [5.74, 6) is -0.932. The number of para-hydroxylation sites is 1. The van der Waals surface area contributed by atoms with Crippen LogP contribution in [0.1, 0.15) is 37.8 Å². The molecule has 0 saturated heterocycles. The van der Waals surface area contributed by atoms with E-state index in [1.807, 2.05) is 6.07 Å². The van der Waals surface area contributed by atoms with Gasteiger partial charge in [-0.1, -0.05) is 23.4 Å². The number of allylic oxidation sites excluding steroid dienone is 2. The number of ketones is 2. The first kappa shape index (κ1) is 22.2. The Morgan fingerprint density at radius 3 is 2.71 bits per heavy atom. The molecule has 162 valence electrons. The molecule has 10 nitrogen and oxygen atoms in total. The highest BCUT2D eigenvalue weighted by Crippen LogP contribution is 2.30. The minimum absolute atomic E-state index is 0.0318. The summed E-state index contributed by atoms with van der Waals surface area (Å²) in [6, 6.07) is 8.62. The molecule has 2 amide bonds. The zero-order valence-corrected chi connectivity index (χ0v) is 17.3. The third-order valence-corrected chi connectivity index (χ3v) is 5.14. The molecule has 1 aliphatic carbocycles. The maximum absolute atomic E-state index is 12.6. The molecule has 0 bridgehead atoms. The van der Waals surface area contributed by atoms with Gasteiger partial charge in [-0.2, -0.15) is 0 Å². The van der Waals surface area contributed by atoms with Crippen LogP contribution in [0.3, 0.4) is 0 Å². The number of aromatic nitrogens is 1. The summed E-state index contributed by atoms with van der Waals surface area (Å²) in [7, 11) is 1.39. The molecule has 0 saturated carbocycles. The largest absolute Gasteiger partial charge is 0.414 e. The zero-order chi connectivity index (χ0) is 22.2. The maximum Gasteiger partial charge on any atom is 0.414 e. The van der Waals surface area contributed by atoms with E-state index in [4.69, 9.17) is 14.0 Å². The van der Waals surface area contributed by atoms with Crippen LogP contribution >= 0.6 is 11.8 Å². The lowest BCUT2D eigenvalue weighted by Crippen LogP contribution is -2.29. The quantitative estimate of drug-likeness (QED) is 0.439. The van der Waals surface area contributed by atoms with E-state index in [-0.39, 0.29) is 28.7 Å². The molecular formula is C20H19N3O7S. The molecule has 0 radical (unpaired) electrons. The number of carbonyl (C=O) groups is 4. The molecule has 1 heterocycles. The number of rotatable bonds is 9. The van der Waals surface area contributed by atoms with Gasteiger partial charge in [0, 0.05) is 25.5 Å². The summed E-state index contributed by atoms with van der Waals surface area (Å²) in [5.41, 5.74) is -0.328. The molecular weight excluding hydrogens is 426 g/mol. The molecule has 1 aromatic carbocycles. The van der Waals surface area contributed by atoms with Gasteiger partial charge in [-0.3, -0.25) is 19.7 Å². The normalized spacial score (nSPS) is 12.7. The first-order chi connectivity index (χ1) is 15.0. The monoisotopic (exact) mass is 445 g/mol. The highest BCUT2D eigenvalue weighted by Gasteiger charge is 2.35. The molecule has 0 fully saturated rings. The van der Waals surface area contributed by atoms with E-state index in [9.17, 15) is 19.2 Å². The number of ether oxygens (including phenoxy) is 2. The fourth-order valence-electron chi connectivity index (χ4n) is 2.58. The highest BCUT2D eigenvalue weighted by molar-refractivity contribution is 8.04. The first-order valence-corrected chi connectivity index (χ1v) is 10.2. The Bertz CT molecular complexity index is 1020. The van der Waals surface area contributed by atoms with Gasteiger partial charge in [-0.15, -0.1) is 11.8 Å². The summed E-state index contributed by atoms with van der Waals surface area (Å²) in [4.78, 5) is 48.4. The minimum Gasteiger partial charge on any atom is -0.410 e. The van der Waals surface area contributed by atoms with Crippen LogP contribution in [0.5, 0.6) is 5.75 Å². The lowest BCUT2D eigenvalue weighted by atomic mass is 10.00. The number of nitrogens with one attached hydrogen (secondary N) is 2. The van der Waals surface area contributed by atoms with E-state index < -0.39 is 23.6 Å². The van der Waals surface area contributed by atoms with E-state index >= 15 is 0 Å². The Balaban J connectivity index is 1.39. The average Bonchev–Trinajstić information content (AvgIpc) is 3.22. The number of thioether (sulfide) groups is 1. The van der Waals surface area contributed by atoms with Gasteiger partial charge in [0.05, 0.1) is 4.91 Å². The lowest BCUT2D eigenvalue weighted by molar-refractivity contribution is 0.0944. The molecule has 0 atom stereocenters. The second-order valence-electron chi connectivity index (χ2n) is 6.15. The topological polar surface area (TPSA) is 137 Å². The van der Waals surface area contributed by atoms with Gasteiger partial charge in [-0.25, -0.2) is 4.79 Å². The summed E-state index contributed by atoms with van der Waals surface area (Å²) in [6.45, 7) is 0.284. The van der Waals surface area contributed by atoms with Crippen molar-refractivity contribution >= 4 is 35.3 Å². The molecule has 0 spiro atoms. The van der Waals surface area contributed by atoms with E-state index in [1.165, 1.54) is 24.9 Å². The summed E-state index contributed by atoms with van der Waals surface area (Å²) >= 11 is 1.17. The maximum atomic E-state index is 12.6. The predicted octanol–water partition coefficient (Wildman–Crippen LogP) is 2.18. The minimum atomic E-state index is -0.631. The van der Waals surface area contributed by atoms with Crippen LogP contribution in [0.2, 0.25) is 0 Å². The van der Waals surface area contributed by atoms with Gasteiger partial charge in [0.25, 0.3) is 5.91 Å². The Labute approximate surface area is 181 Å². The third kappa shape index (κ3) is 5.58. The number of Topliss-reactive ketones (excluding diaryl/α,β-unsaturated/α-hetero) is 1. The molecule has 2 aromatic rings. The van der Waals surface area contributed by atoms with Gasteiger partial charge in [0.1, 0.15) is 18.0 Å². The molecule has 31 heavy (non-hydrogen) atoms. The van der Waals surface area contributed by atoms with Gasteiger partial charge < -0.3 is 19.3 Å². The SMILES string of the molecule is CNC(=O)c1noc2c1C(=O)C(SCCCOCNC(=O)Oc1ccccc1)=CC2=O. The van der Waals surface area contributed by atoms with Crippen LogP contribution in [0.4, 0.5) is 4.79 Å². The van der Waals surface area contributed by atoms with Gasteiger partial charge in [-0.05, 0) is 18.6 Å². The van der Waals surface area contributed by atoms with Crippen LogP contribution in [0.25, 0.3) is 0 Å². The highest BCUT2D eigenvalue weighted by atomic mass is 32.2. The Hall–Kier alpha value is -3.44. The first-order valence-electron chi connectivity index (χ1n) is 9.25. The Morgan fingerprint density at radius 1 is 1.19 bits per heavy atom. The van der Waals surface area contributed by atoms with Crippen molar-refractivity contribution in [3.63, 3.8) is 0 Å². The smallest absolute Gasteiger partial charge is 0.410 e. The van der Waals surface area contributed by atoms with Crippen molar-refractivity contribution in [2.24, 2.45) is 0 Å². The average molecular weight is 445 g/mol. The van der Waals surface area contributed by atoms with Crippen molar-refractivity contribution < 1.29 is 33.2 Å². The van der Waals surface area contributed by atoms with E-state index in [0.717, 1.165) is 0 Å². The summed E-state index contributed by atoms with van der Waals surface area (Å²) in [6.07, 6.45) is 1.10. The number of fused-ring (bicyclic) bond motifs is 1. The van der Waals surface area contributed by atoms with Crippen molar-refractivity contribution in [2.75, 3.05) is 26.1 Å². The zero-order valence-electron chi connectivity index (χ0n) is 16.5. The van der Waals surface area contributed by atoms with E-state index in [2.05, 4.69) is 15.8 Å². The summed E-state index contributed by atoms with van der Waals surface area (Å²) in [5, 5.41) is 8.35. The number of hydrogen-bond donors (Lipinski definition) is 2. The van der Waals surface area contributed by atoms with Crippen LogP contribution in [0, 0.1) is 0 Å². The molecule has 1 aliphatic rings.